The van der Waals surface area contributed by atoms with Gasteiger partial charge in [0.1, 0.15) is 17.9 Å². The summed E-state index contributed by atoms with van der Waals surface area (Å²) >= 11 is 3.41. The van der Waals surface area contributed by atoms with Crippen molar-refractivity contribution in [3.63, 3.8) is 0 Å². The average molecular weight is 446 g/mol. The number of rotatable bonds is 3. The van der Waals surface area contributed by atoms with Crippen LogP contribution < -0.4 is 10.2 Å². The summed E-state index contributed by atoms with van der Waals surface area (Å²) in [4.78, 5) is 40.7. The lowest BCUT2D eigenvalue weighted by atomic mass is 9.92. The van der Waals surface area contributed by atoms with Crippen molar-refractivity contribution in [3.8, 4) is 0 Å². The fourth-order valence-corrected chi connectivity index (χ4v) is 4.08. The van der Waals surface area contributed by atoms with Crippen molar-refractivity contribution < 1.29 is 18.8 Å². The molecule has 1 fully saturated rings. The van der Waals surface area contributed by atoms with Gasteiger partial charge in [-0.15, -0.1) is 0 Å². The van der Waals surface area contributed by atoms with E-state index in [1.165, 1.54) is 24.3 Å². The molecule has 2 aliphatic rings. The fraction of sp³-hybridized carbons (Fsp3) is 0.250. The van der Waals surface area contributed by atoms with Crippen molar-refractivity contribution in [1.82, 2.24) is 10.2 Å². The fourth-order valence-electron chi connectivity index (χ4n) is 3.67. The van der Waals surface area contributed by atoms with Gasteiger partial charge in [-0.1, -0.05) is 28.1 Å². The number of nitrogens with one attached hydrogen (secondary N) is 1. The van der Waals surface area contributed by atoms with Crippen LogP contribution in [-0.4, -0.2) is 35.8 Å². The van der Waals surface area contributed by atoms with Gasteiger partial charge >= 0.3 is 6.03 Å². The largest absolute Gasteiger partial charge is 0.325 e. The minimum Gasteiger partial charge on any atom is -0.319 e. The van der Waals surface area contributed by atoms with E-state index < -0.39 is 23.3 Å². The molecular formula is C20H17BrFN3O3. The second kappa shape index (κ2) is 6.70. The highest BCUT2D eigenvalue weighted by Crippen LogP contribution is 2.32. The number of nitrogens with zero attached hydrogens (tertiary/aromatic N) is 2. The van der Waals surface area contributed by atoms with Crippen LogP contribution in [0.2, 0.25) is 0 Å². The van der Waals surface area contributed by atoms with Gasteiger partial charge in [0.05, 0.1) is 0 Å². The number of hydrogen-bond acceptors (Lipinski definition) is 3. The van der Waals surface area contributed by atoms with E-state index in [4.69, 9.17) is 0 Å². The van der Waals surface area contributed by atoms with Gasteiger partial charge in [-0.25, -0.2) is 9.18 Å². The number of urea groups is 1. The molecule has 6 nitrogen and oxygen atoms in total. The second-order valence-electron chi connectivity index (χ2n) is 7.02. The van der Waals surface area contributed by atoms with Crippen LogP contribution in [0.4, 0.5) is 14.9 Å². The molecule has 0 saturated carbocycles. The lowest BCUT2D eigenvalue weighted by Gasteiger charge is -2.23. The number of carbonyl (C=O) groups excluding carboxylic acids is 3. The van der Waals surface area contributed by atoms with Crippen LogP contribution >= 0.6 is 15.9 Å². The SMILES string of the molecule is CC1(c2ccc(F)cc2)NC(=O)N(CC(=O)N2CCc3cc(Br)ccc32)C1=O. The standard InChI is InChI=1S/C20H17BrFN3O3/c1-20(13-2-5-15(22)6-3-13)18(27)25(19(28)23-20)11-17(26)24-9-8-12-10-14(21)4-7-16(12)24/h2-7,10H,8-9,11H2,1H3,(H,23,28). The number of anilines is 1. The molecule has 2 aliphatic heterocycles. The monoisotopic (exact) mass is 445 g/mol. The summed E-state index contributed by atoms with van der Waals surface area (Å²) in [5.74, 6) is -1.30. The maximum absolute atomic E-state index is 13.2. The van der Waals surface area contributed by atoms with Gasteiger partial charge in [0.25, 0.3) is 5.91 Å². The zero-order valence-corrected chi connectivity index (χ0v) is 16.6. The van der Waals surface area contributed by atoms with E-state index in [9.17, 15) is 18.8 Å². The predicted octanol–water partition coefficient (Wildman–Crippen LogP) is 2.94. The normalized spacial score (nSPS) is 21.1. The van der Waals surface area contributed by atoms with Gasteiger partial charge in [-0.2, -0.15) is 0 Å². The molecule has 0 aromatic heterocycles. The summed E-state index contributed by atoms with van der Waals surface area (Å²) in [5.41, 5.74) is 0.954. The molecule has 28 heavy (non-hydrogen) atoms. The van der Waals surface area contributed by atoms with Gasteiger partial charge < -0.3 is 10.2 Å². The molecule has 1 unspecified atom stereocenters. The van der Waals surface area contributed by atoms with E-state index in [0.29, 0.717) is 18.5 Å². The summed E-state index contributed by atoms with van der Waals surface area (Å²) in [6.07, 6.45) is 0.716. The Bertz CT molecular complexity index is 995. The van der Waals surface area contributed by atoms with Crippen LogP contribution in [0.3, 0.4) is 0 Å². The molecule has 0 bridgehead atoms. The topological polar surface area (TPSA) is 69.7 Å². The van der Waals surface area contributed by atoms with Crippen LogP contribution in [0.25, 0.3) is 0 Å². The smallest absolute Gasteiger partial charge is 0.319 e. The van der Waals surface area contributed by atoms with E-state index in [-0.39, 0.29) is 12.5 Å². The number of fused-ring (bicyclic) bond motifs is 1. The number of hydrogen-bond donors (Lipinski definition) is 1. The number of imide groups is 1. The minimum absolute atomic E-state index is 0.326. The van der Waals surface area contributed by atoms with E-state index in [1.54, 1.807) is 11.8 Å². The van der Waals surface area contributed by atoms with Crippen molar-refractivity contribution in [2.75, 3.05) is 18.0 Å². The first kappa shape index (κ1) is 18.6. The van der Waals surface area contributed by atoms with Crippen LogP contribution in [0.1, 0.15) is 18.1 Å². The lowest BCUT2D eigenvalue weighted by molar-refractivity contribution is -0.134. The van der Waals surface area contributed by atoms with Crippen molar-refractivity contribution in [2.24, 2.45) is 0 Å². The highest BCUT2D eigenvalue weighted by molar-refractivity contribution is 9.10. The van der Waals surface area contributed by atoms with Crippen LogP contribution in [-0.2, 0) is 21.5 Å². The second-order valence-corrected chi connectivity index (χ2v) is 7.94. The Morgan fingerprint density at radius 2 is 1.93 bits per heavy atom. The third-order valence-corrected chi connectivity index (χ3v) is 5.72. The molecule has 2 aromatic carbocycles. The molecule has 1 saturated heterocycles. The number of benzene rings is 2. The van der Waals surface area contributed by atoms with Gasteiger partial charge in [-0.3, -0.25) is 14.5 Å². The quantitative estimate of drug-likeness (QED) is 0.738. The number of amides is 4. The molecule has 0 radical (unpaired) electrons. The molecule has 4 amide bonds. The Labute approximate surface area is 169 Å². The van der Waals surface area contributed by atoms with Crippen molar-refractivity contribution in [3.05, 3.63) is 63.9 Å². The summed E-state index contributed by atoms with van der Waals surface area (Å²) in [6.45, 7) is 1.70. The molecule has 8 heteroatoms. The van der Waals surface area contributed by atoms with Crippen LogP contribution in [0.15, 0.2) is 46.9 Å². The predicted molar refractivity (Wildman–Crippen MR) is 104 cm³/mol. The average Bonchev–Trinajstić information content (AvgIpc) is 3.16. The first-order valence-corrected chi connectivity index (χ1v) is 9.58. The van der Waals surface area contributed by atoms with Gasteiger partial charge in [0, 0.05) is 16.7 Å². The van der Waals surface area contributed by atoms with Crippen molar-refractivity contribution in [1.29, 1.82) is 0 Å². The molecule has 1 atom stereocenters. The molecule has 0 spiro atoms. The van der Waals surface area contributed by atoms with E-state index in [0.717, 1.165) is 20.6 Å². The van der Waals surface area contributed by atoms with Crippen LogP contribution in [0, 0.1) is 5.82 Å². The highest BCUT2D eigenvalue weighted by atomic mass is 79.9. The Balaban J connectivity index is 1.54. The third kappa shape index (κ3) is 2.97. The number of halogens is 2. The first-order chi connectivity index (χ1) is 13.3. The molecule has 4 rings (SSSR count). The van der Waals surface area contributed by atoms with Gasteiger partial charge in [0.15, 0.2) is 0 Å². The Morgan fingerprint density at radius 3 is 2.64 bits per heavy atom. The third-order valence-electron chi connectivity index (χ3n) is 5.23. The Morgan fingerprint density at radius 1 is 1.21 bits per heavy atom. The highest BCUT2D eigenvalue weighted by Gasteiger charge is 2.49. The van der Waals surface area contributed by atoms with Gasteiger partial charge in [-0.05, 0) is 54.8 Å². The Kier molecular flexibility index (Phi) is 4.45. The summed E-state index contributed by atoms with van der Waals surface area (Å²) in [7, 11) is 0. The Hall–Kier alpha value is -2.74. The molecule has 1 N–H and O–H groups in total. The van der Waals surface area contributed by atoms with E-state index >= 15 is 0 Å². The van der Waals surface area contributed by atoms with E-state index in [2.05, 4.69) is 21.2 Å². The molecule has 2 heterocycles. The number of carbonyl (C=O) groups is 3. The molecule has 2 aromatic rings. The maximum atomic E-state index is 13.2. The van der Waals surface area contributed by atoms with Crippen molar-refractivity contribution in [2.45, 2.75) is 18.9 Å². The minimum atomic E-state index is -1.33. The maximum Gasteiger partial charge on any atom is 0.325 e. The first-order valence-electron chi connectivity index (χ1n) is 8.78. The molecular weight excluding hydrogens is 429 g/mol. The zero-order valence-electron chi connectivity index (χ0n) is 15.0. The van der Waals surface area contributed by atoms with Crippen molar-refractivity contribution >= 4 is 39.5 Å². The van der Waals surface area contributed by atoms with Gasteiger partial charge in [0.2, 0.25) is 5.91 Å². The summed E-state index contributed by atoms with van der Waals surface area (Å²) in [5, 5.41) is 2.63. The van der Waals surface area contributed by atoms with E-state index in [1.807, 2.05) is 18.2 Å². The lowest BCUT2D eigenvalue weighted by Crippen LogP contribution is -2.44. The molecule has 0 aliphatic carbocycles. The van der Waals surface area contributed by atoms with Crippen LogP contribution in [0.5, 0.6) is 0 Å². The molecule has 144 valence electrons. The zero-order chi connectivity index (χ0) is 20.1. The summed E-state index contributed by atoms with van der Waals surface area (Å²) in [6, 6.07) is 10.4. The summed E-state index contributed by atoms with van der Waals surface area (Å²) < 4.78 is 14.1.